The highest BCUT2D eigenvalue weighted by molar-refractivity contribution is 5.97. The van der Waals surface area contributed by atoms with E-state index in [0.29, 0.717) is 37.6 Å². The third-order valence-electron chi connectivity index (χ3n) is 8.22. The van der Waals surface area contributed by atoms with E-state index < -0.39 is 23.3 Å². The van der Waals surface area contributed by atoms with Gasteiger partial charge in [-0.05, 0) is 87.7 Å². The number of nitrogens with two attached hydrogens (primary N) is 2. The van der Waals surface area contributed by atoms with Gasteiger partial charge >= 0.3 is 11.7 Å². The number of halogens is 1. The lowest BCUT2D eigenvalue weighted by Gasteiger charge is -2.39. The summed E-state index contributed by atoms with van der Waals surface area (Å²) in [7, 11) is 0. The molecule has 2 aromatic rings. The minimum absolute atomic E-state index is 0. The van der Waals surface area contributed by atoms with Crippen molar-refractivity contribution in [2.75, 3.05) is 31.5 Å². The minimum Gasteiger partial charge on any atom is -0.330 e. The van der Waals surface area contributed by atoms with Crippen molar-refractivity contribution < 1.29 is 9.59 Å². The molecule has 40 heavy (non-hydrogen) atoms. The van der Waals surface area contributed by atoms with Crippen LogP contribution >= 0.6 is 12.4 Å². The number of rotatable bonds is 7. The smallest absolute Gasteiger partial charge is 0.330 e. The van der Waals surface area contributed by atoms with Crippen LogP contribution in [0.4, 0.5) is 10.6 Å². The second kappa shape index (κ2) is 12.4. The van der Waals surface area contributed by atoms with E-state index in [1.54, 1.807) is 26.1 Å². The number of Topliss-reactive ketones (excluding diaryl/α,β-unsaturated/α-hetero) is 1. The molecule has 0 bridgehead atoms. The fourth-order valence-electron chi connectivity index (χ4n) is 5.89. The van der Waals surface area contributed by atoms with Crippen LogP contribution in [0.3, 0.4) is 0 Å². The van der Waals surface area contributed by atoms with Crippen molar-refractivity contribution in [2.24, 2.45) is 17.4 Å². The van der Waals surface area contributed by atoms with Crippen LogP contribution in [0.5, 0.6) is 0 Å². The van der Waals surface area contributed by atoms with E-state index >= 15 is 0 Å². The summed E-state index contributed by atoms with van der Waals surface area (Å²) in [6.07, 6.45) is 6.97. The van der Waals surface area contributed by atoms with Crippen molar-refractivity contribution in [3.8, 4) is 5.69 Å². The molecule has 5 rings (SSSR count). The molecule has 12 heteroatoms. The lowest BCUT2D eigenvalue weighted by Crippen LogP contribution is -2.63. The van der Waals surface area contributed by atoms with Gasteiger partial charge in [0.05, 0.1) is 11.2 Å². The van der Waals surface area contributed by atoms with Crippen LogP contribution in [0.15, 0.2) is 35.3 Å². The van der Waals surface area contributed by atoms with Crippen molar-refractivity contribution in [2.45, 2.75) is 69.6 Å². The Balaban J connectivity index is 0.00000370. The van der Waals surface area contributed by atoms with Gasteiger partial charge in [0.1, 0.15) is 11.9 Å². The number of amides is 2. The summed E-state index contributed by atoms with van der Waals surface area (Å²) in [5.41, 5.74) is 13.5. The Hall–Kier alpha value is -2.83. The first-order valence-corrected chi connectivity index (χ1v) is 13.9. The molecule has 3 aliphatic rings. The highest BCUT2D eigenvalue weighted by Gasteiger charge is 2.38. The molecule has 1 aromatic carbocycles. The number of hydrogen-bond donors (Lipinski definition) is 5. The summed E-state index contributed by atoms with van der Waals surface area (Å²) in [6, 6.07) is 7.50. The number of anilines is 1. The second-order valence-corrected chi connectivity index (χ2v) is 11.7. The molecule has 7 N–H and O–H groups in total. The topological polar surface area (TPSA) is 160 Å². The average molecular weight is 573 g/mol. The average Bonchev–Trinajstić information content (AvgIpc) is 2.89. The Labute approximate surface area is 240 Å². The van der Waals surface area contributed by atoms with Gasteiger partial charge in [0.15, 0.2) is 5.78 Å². The SMILES string of the molecule is CC(C)(N)C(=O)C1CNCCN1C(=O)Nc1ccn(-c2ccc3c(c2)CC(N[C@H]2C[C@@H](CN)C2)CC3)c(=O)n1.Cl. The Morgan fingerprint density at radius 1 is 1.18 bits per heavy atom. The number of benzene rings is 1. The molecule has 2 heterocycles. The first kappa shape index (κ1) is 30.1. The normalized spacial score (nSPS) is 24.4. The Bertz CT molecular complexity index is 1290. The van der Waals surface area contributed by atoms with Crippen LogP contribution < -0.4 is 33.1 Å². The highest BCUT2D eigenvalue weighted by atomic mass is 35.5. The van der Waals surface area contributed by atoms with Gasteiger partial charge in [-0.15, -0.1) is 12.4 Å². The molecule has 2 unspecified atom stereocenters. The molecule has 2 fully saturated rings. The quantitative estimate of drug-likeness (QED) is 0.328. The molecular formula is C28H41ClN8O3. The van der Waals surface area contributed by atoms with Crippen LogP contribution in [0.25, 0.3) is 5.69 Å². The van der Waals surface area contributed by atoms with Crippen molar-refractivity contribution in [1.82, 2.24) is 25.1 Å². The van der Waals surface area contributed by atoms with E-state index in [1.807, 2.05) is 6.07 Å². The maximum Gasteiger partial charge on any atom is 0.354 e. The fraction of sp³-hybridized carbons (Fsp3) is 0.571. The zero-order valence-electron chi connectivity index (χ0n) is 23.2. The van der Waals surface area contributed by atoms with Crippen LogP contribution in [-0.2, 0) is 17.6 Å². The first-order chi connectivity index (χ1) is 18.6. The number of ketones is 1. The molecular weight excluding hydrogens is 532 g/mol. The number of piperazine rings is 1. The Morgan fingerprint density at radius 3 is 2.65 bits per heavy atom. The van der Waals surface area contributed by atoms with Crippen LogP contribution in [0.2, 0.25) is 0 Å². The van der Waals surface area contributed by atoms with Crippen LogP contribution in [0.1, 0.15) is 44.2 Å². The molecule has 218 valence electrons. The molecule has 11 nitrogen and oxygen atoms in total. The van der Waals surface area contributed by atoms with Gasteiger partial charge in [0.2, 0.25) is 0 Å². The summed E-state index contributed by atoms with van der Waals surface area (Å²) in [5, 5.41) is 9.61. The standard InChI is InChI=1S/C28H40N8O3.ClH/c1-28(2,30)25(37)23-16-31-8-10-36(23)27(39)34-24-7-9-35(26(38)33-24)22-6-4-18-3-5-20(13-19(18)14-22)32-21-11-17(12-21)15-29;/h4,6-7,9,14,17,20-21,23,31-32H,3,5,8,10-13,15-16,29-30H2,1-2H3,(H,33,34,38,39);1H/t17-,20?,21+,23?;. The molecule has 2 aliphatic carbocycles. The zero-order chi connectivity index (χ0) is 27.7. The third-order valence-corrected chi connectivity index (χ3v) is 8.22. The van der Waals surface area contributed by atoms with E-state index in [0.717, 1.165) is 44.3 Å². The molecule has 1 saturated heterocycles. The number of aromatic nitrogens is 2. The first-order valence-electron chi connectivity index (χ1n) is 13.9. The summed E-state index contributed by atoms with van der Waals surface area (Å²) in [6.45, 7) is 5.25. The van der Waals surface area contributed by atoms with Gasteiger partial charge in [-0.2, -0.15) is 4.98 Å². The molecule has 2 amide bonds. The number of fused-ring (bicyclic) bond motifs is 1. The molecule has 0 radical (unpaired) electrons. The third kappa shape index (κ3) is 6.55. The minimum atomic E-state index is -1.07. The van der Waals surface area contributed by atoms with E-state index in [-0.39, 0.29) is 24.0 Å². The molecule has 0 spiro atoms. The van der Waals surface area contributed by atoms with Crippen LogP contribution in [0, 0.1) is 5.92 Å². The molecule has 1 saturated carbocycles. The highest BCUT2D eigenvalue weighted by Crippen LogP contribution is 2.29. The van der Waals surface area contributed by atoms with Crippen molar-refractivity contribution >= 4 is 30.0 Å². The summed E-state index contributed by atoms with van der Waals surface area (Å²) in [5.74, 6) is 0.554. The predicted octanol–water partition coefficient (Wildman–Crippen LogP) is 0.951. The van der Waals surface area contributed by atoms with Crippen molar-refractivity contribution in [3.63, 3.8) is 0 Å². The molecule has 2 atom stereocenters. The zero-order valence-corrected chi connectivity index (χ0v) is 24.0. The largest absolute Gasteiger partial charge is 0.354 e. The fourth-order valence-corrected chi connectivity index (χ4v) is 5.89. The number of carbonyl (C=O) groups excluding carboxylic acids is 2. The maximum absolute atomic E-state index is 13.0. The van der Waals surface area contributed by atoms with Crippen molar-refractivity contribution in [3.05, 3.63) is 52.1 Å². The molecule has 1 aliphatic heterocycles. The van der Waals surface area contributed by atoms with Crippen molar-refractivity contribution in [1.29, 1.82) is 0 Å². The lowest BCUT2D eigenvalue weighted by molar-refractivity contribution is -0.127. The van der Waals surface area contributed by atoms with E-state index in [2.05, 4.69) is 33.1 Å². The number of aryl methyl sites for hydroxylation is 1. The van der Waals surface area contributed by atoms with Gasteiger partial charge in [-0.3, -0.25) is 14.7 Å². The monoisotopic (exact) mass is 572 g/mol. The second-order valence-electron chi connectivity index (χ2n) is 11.7. The molecule has 1 aromatic heterocycles. The maximum atomic E-state index is 13.0. The van der Waals surface area contributed by atoms with Gasteiger partial charge < -0.3 is 27.0 Å². The number of urea groups is 1. The van der Waals surface area contributed by atoms with Gasteiger partial charge in [0, 0.05) is 37.9 Å². The number of nitrogens with one attached hydrogen (secondary N) is 3. The van der Waals surface area contributed by atoms with E-state index in [4.69, 9.17) is 11.5 Å². The Morgan fingerprint density at radius 2 is 1.95 bits per heavy atom. The van der Waals surface area contributed by atoms with Gasteiger partial charge in [0.25, 0.3) is 0 Å². The summed E-state index contributed by atoms with van der Waals surface area (Å²) in [4.78, 5) is 44.4. The van der Waals surface area contributed by atoms with Gasteiger partial charge in [-0.25, -0.2) is 9.59 Å². The number of hydrogen-bond acceptors (Lipinski definition) is 8. The summed E-state index contributed by atoms with van der Waals surface area (Å²) >= 11 is 0. The lowest BCUT2D eigenvalue weighted by atomic mass is 9.79. The summed E-state index contributed by atoms with van der Waals surface area (Å²) < 4.78 is 1.48. The number of nitrogens with zero attached hydrogens (tertiary/aromatic N) is 3. The van der Waals surface area contributed by atoms with Gasteiger partial charge in [-0.1, -0.05) is 6.07 Å². The number of carbonyl (C=O) groups is 2. The van der Waals surface area contributed by atoms with E-state index in [1.165, 1.54) is 20.6 Å². The van der Waals surface area contributed by atoms with E-state index in [9.17, 15) is 14.4 Å². The Kier molecular flexibility index (Phi) is 9.31. The predicted molar refractivity (Wildman–Crippen MR) is 157 cm³/mol. The van der Waals surface area contributed by atoms with Crippen LogP contribution in [-0.4, -0.2) is 76.1 Å².